The first kappa shape index (κ1) is 28.3. The first-order chi connectivity index (χ1) is 17.4. The second kappa shape index (κ2) is 11.8. The van der Waals surface area contributed by atoms with Gasteiger partial charge in [-0.1, -0.05) is 25.1 Å². The maximum atomic E-state index is 13.6. The summed E-state index contributed by atoms with van der Waals surface area (Å²) in [4.78, 5) is 29.2. The summed E-state index contributed by atoms with van der Waals surface area (Å²) in [5.41, 5.74) is 0.370. The van der Waals surface area contributed by atoms with Crippen LogP contribution in [0.25, 0.3) is 0 Å². The SMILES string of the molecule is CC(C)NC(=O)N(C)C[C@H]1Oc2ccc(NS(=O)(=O)c3ccccc3)cc2C(=O)N([C@@H](C)CO)C[C@@H]1C. The van der Waals surface area contributed by atoms with Gasteiger partial charge in [-0.05, 0) is 51.1 Å². The first-order valence-corrected chi connectivity index (χ1v) is 13.7. The lowest BCUT2D eigenvalue weighted by atomic mass is 9.99. The number of nitrogens with zero attached hydrogens (tertiary/aromatic N) is 2. The van der Waals surface area contributed by atoms with Crippen molar-refractivity contribution in [1.82, 2.24) is 15.1 Å². The lowest BCUT2D eigenvalue weighted by Crippen LogP contribution is -2.51. The second-order valence-electron chi connectivity index (χ2n) is 9.74. The molecule has 11 heteroatoms. The van der Waals surface area contributed by atoms with Crippen LogP contribution in [0.1, 0.15) is 38.1 Å². The molecule has 0 aliphatic carbocycles. The van der Waals surface area contributed by atoms with E-state index in [2.05, 4.69) is 10.0 Å². The van der Waals surface area contributed by atoms with Gasteiger partial charge in [-0.3, -0.25) is 9.52 Å². The van der Waals surface area contributed by atoms with Crippen molar-refractivity contribution in [1.29, 1.82) is 0 Å². The van der Waals surface area contributed by atoms with E-state index in [9.17, 15) is 23.1 Å². The second-order valence-corrected chi connectivity index (χ2v) is 11.4. The predicted molar refractivity (Wildman–Crippen MR) is 141 cm³/mol. The van der Waals surface area contributed by atoms with Gasteiger partial charge in [0, 0.05) is 31.2 Å². The van der Waals surface area contributed by atoms with Crippen molar-refractivity contribution in [3.8, 4) is 5.75 Å². The molecule has 0 spiro atoms. The van der Waals surface area contributed by atoms with Gasteiger partial charge in [0.05, 0.1) is 29.7 Å². The zero-order valence-corrected chi connectivity index (χ0v) is 22.7. The molecular formula is C26H36N4O6S. The van der Waals surface area contributed by atoms with E-state index in [0.717, 1.165) is 0 Å². The highest BCUT2D eigenvalue weighted by Crippen LogP contribution is 2.31. The van der Waals surface area contributed by atoms with E-state index in [0.29, 0.717) is 0 Å². The summed E-state index contributed by atoms with van der Waals surface area (Å²) in [6.07, 6.45) is -0.463. The molecule has 0 aromatic heterocycles. The number of hydrogen-bond donors (Lipinski definition) is 3. The molecule has 37 heavy (non-hydrogen) atoms. The van der Waals surface area contributed by atoms with Crippen LogP contribution in [-0.4, -0.2) is 80.2 Å². The van der Waals surface area contributed by atoms with Crippen molar-refractivity contribution in [3.63, 3.8) is 0 Å². The third-order valence-electron chi connectivity index (χ3n) is 6.18. The summed E-state index contributed by atoms with van der Waals surface area (Å²) in [5.74, 6) is -0.276. The minimum atomic E-state index is -3.87. The van der Waals surface area contributed by atoms with E-state index < -0.39 is 22.2 Å². The molecular weight excluding hydrogens is 496 g/mol. The number of carbonyl (C=O) groups is 2. The number of nitrogens with one attached hydrogen (secondary N) is 2. The Labute approximate surface area is 218 Å². The van der Waals surface area contributed by atoms with Crippen molar-refractivity contribution in [2.24, 2.45) is 5.92 Å². The molecule has 0 saturated heterocycles. The minimum absolute atomic E-state index is 0.0250. The molecule has 10 nitrogen and oxygen atoms in total. The van der Waals surface area contributed by atoms with Crippen LogP contribution in [0.3, 0.4) is 0 Å². The lowest BCUT2D eigenvalue weighted by Gasteiger charge is -2.38. The molecule has 1 aliphatic rings. The molecule has 0 unspecified atom stereocenters. The molecule has 0 fully saturated rings. The van der Waals surface area contributed by atoms with E-state index in [1.54, 1.807) is 43.1 Å². The van der Waals surface area contributed by atoms with Crippen LogP contribution in [-0.2, 0) is 10.0 Å². The van der Waals surface area contributed by atoms with Gasteiger partial charge in [0.1, 0.15) is 11.9 Å². The fourth-order valence-electron chi connectivity index (χ4n) is 4.03. The number of likely N-dealkylation sites (N-methyl/N-ethyl adjacent to an activating group) is 1. The maximum absolute atomic E-state index is 13.6. The Morgan fingerprint density at radius 1 is 1.19 bits per heavy atom. The number of ether oxygens (including phenoxy) is 1. The fourth-order valence-corrected chi connectivity index (χ4v) is 5.10. The number of rotatable bonds is 8. The summed E-state index contributed by atoms with van der Waals surface area (Å²) in [6.45, 7) is 7.72. The third-order valence-corrected chi connectivity index (χ3v) is 7.58. The fraction of sp³-hybridized carbons (Fsp3) is 0.462. The topological polar surface area (TPSA) is 128 Å². The van der Waals surface area contributed by atoms with Crippen LogP contribution in [0.15, 0.2) is 53.4 Å². The van der Waals surface area contributed by atoms with Crippen LogP contribution >= 0.6 is 0 Å². The molecule has 0 radical (unpaired) electrons. The Kier molecular flexibility index (Phi) is 9.03. The summed E-state index contributed by atoms with van der Waals surface area (Å²) >= 11 is 0. The molecule has 3 rings (SSSR count). The molecule has 0 bridgehead atoms. The highest BCUT2D eigenvalue weighted by molar-refractivity contribution is 7.92. The van der Waals surface area contributed by atoms with Gasteiger partial charge in [-0.15, -0.1) is 0 Å². The van der Waals surface area contributed by atoms with Gasteiger partial charge in [-0.25, -0.2) is 13.2 Å². The maximum Gasteiger partial charge on any atom is 0.317 e. The van der Waals surface area contributed by atoms with Crippen molar-refractivity contribution in [2.45, 2.75) is 50.8 Å². The normalized spacial score (nSPS) is 18.8. The zero-order chi connectivity index (χ0) is 27.3. The van der Waals surface area contributed by atoms with E-state index in [1.165, 1.54) is 29.2 Å². The monoisotopic (exact) mass is 532 g/mol. The standard InChI is InChI=1S/C26H36N4O6S/c1-17(2)27-26(33)29(5)15-24-18(3)14-30(19(4)16-31)25(32)22-13-20(11-12-23(22)36-24)28-37(34,35)21-9-7-6-8-10-21/h6-13,17-19,24,28,31H,14-16H2,1-5H3,(H,27,33)/t18-,19-,24+/m0/s1. The van der Waals surface area contributed by atoms with Crippen LogP contribution in [0, 0.1) is 5.92 Å². The molecule has 3 N–H and O–H groups in total. The van der Waals surface area contributed by atoms with E-state index in [4.69, 9.17) is 4.74 Å². The van der Waals surface area contributed by atoms with Crippen LogP contribution in [0.4, 0.5) is 10.5 Å². The third kappa shape index (κ3) is 6.92. The molecule has 202 valence electrons. The molecule has 1 heterocycles. The Bertz CT molecular complexity index is 1200. The van der Waals surface area contributed by atoms with Crippen LogP contribution in [0.2, 0.25) is 0 Å². The van der Waals surface area contributed by atoms with Gasteiger partial charge in [0.15, 0.2) is 0 Å². The Balaban J connectivity index is 1.96. The number of anilines is 1. The highest BCUT2D eigenvalue weighted by Gasteiger charge is 2.34. The average Bonchev–Trinajstić information content (AvgIpc) is 2.85. The summed E-state index contributed by atoms with van der Waals surface area (Å²) in [7, 11) is -2.20. The molecule has 2 aromatic rings. The van der Waals surface area contributed by atoms with Gasteiger partial charge in [0.2, 0.25) is 0 Å². The summed E-state index contributed by atoms with van der Waals surface area (Å²) in [5, 5.41) is 12.7. The summed E-state index contributed by atoms with van der Waals surface area (Å²) < 4.78 is 34.5. The number of amides is 3. The largest absolute Gasteiger partial charge is 0.487 e. The van der Waals surface area contributed by atoms with Gasteiger partial charge in [-0.2, -0.15) is 0 Å². The number of sulfonamides is 1. The quantitative estimate of drug-likeness (QED) is 0.480. The van der Waals surface area contributed by atoms with E-state index in [-0.39, 0.29) is 65.5 Å². The minimum Gasteiger partial charge on any atom is -0.487 e. The average molecular weight is 533 g/mol. The lowest BCUT2D eigenvalue weighted by molar-refractivity contribution is 0.0366. The Morgan fingerprint density at radius 2 is 1.86 bits per heavy atom. The van der Waals surface area contributed by atoms with Crippen molar-refractivity contribution < 1.29 is 27.9 Å². The number of carbonyl (C=O) groups excluding carboxylic acids is 2. The molecule has 3 amide bonds. The molecule has 3 atom stereocenters. The first-order valence-electron chi connectivity index (χ1n) is 12.2. The number of hydrogen-bond acceptors (Lipinski definition) is 6. The molecule has 1 aliphatic heterocycles. The van der Waals surface area contributed by atoms with Crippen molar-refractivity contribution in [2.75, 3.05) is 31.5 Å². The smallest absolute Gasteiger partial charge is 0.317 e. The molecule has 2 aromatic carbocycles. The summed E-state index contributed by atoms with van der Waals surface area (Å²) in [6, 6.07) is 11.7. The van der Waals surface area contributed by atoms with Gasteiger partial charge < -0.3 is 25.0 Å². The van der Waals surface area contributed by atoms with Crippen LogP contribution in [0.5, 0.6) is 5.75 Å². The number of fused-ring (bicyclic) bond motifs is 1. The highest BCUT2D eigenvalue weighted by atomic mass is 32.2. The number of urea groups is 1. The van der Waals surface area contributed by atoms with Gasteiger partial charge in [0.25, 0.3) is 15.9 Å². The molecule has 0 saturated carbocycles. The number of aliphatic hydroxyl groups excluding tert-OH is 1. The van der Waals surface area contributed by atoms with E-state index in [1.807, 2.05) is 20.8 Å². The number of aliphatic hydroxyl groups is 1. The van der Waals surface area contributed by atoms with Gasteiger partial charge >= 0.3 is 6.03 Å². The Hall–Kier alpha value is -3.31. The van der Waals surface area contributed by atoms with Crippen molar-refractivity contribution >= 4 is 27.6 Å². The van der Waals surface area contributed by atoms with Crippen LogP contribution < -0.4 is 14.8 Å². The Morgan fingerprint density at radius 3 is 2.49 bits per heavy atom. The number of benzene rings is 2. The van der Waals surface area contributed by atoms with Crippen molar-refractivity contribution in [3.05, 3.63) is 54.1 Å². The zero-order valence-electron chi connectivity index (χ0n) is 21.8. The predicted octanol–water partition coefficient (Wildman–Crippen LogP) is 2.76. The van der Waals surface area contributed by atoms with E-state index >= 15 is 0 Å².